The van der Waals surface area contributed by atoms with Crippen molar-refractivity contribution in [2.75, 3.05) is 13.1 Å². The molecule has 0 aliphatic carbocycles. The number of hydrogen-bond donors (Lipinski definition) is 1. The first-order valence-electron chi connectivity index (χ1n) is 4.62. The molecular formula is C9H11N3O2S. The molecule has 1 fully saturated rings. The van der Waals surface area contributed by atoms with E-state index in [1.54, 1.807) is 0 Å². The first-order chi connectivity index (χ1) is 7.16. The van der Waals surface area contributed by atoms with Crippen LogP contribution in [0.3, 0.4) is 0 Å². The van der Waals surface area contributed by atoms with Crippen LogP contribution < -0.4 is 5.32 Å². The number of carbonyl (C=O) groups excluding carboxylic acids is 2. The van der Waals surface area contributed by atoms with Crippen LogP contribution in [0.4, 0.5) is 0 Å². The molecule has 2 amide bonds. The molecule has 1 saturated heterocycles. The quantitative estimate of drug-likeness (QED) is 0.715. The van der Waals surface area contributed by atoms with Crippen molar-refractivity contribution in [3.8, 4) is 0 Å². The molecule has 0 spiro atoms. The van der Waals surface area contributed by atoms with E-state index in [0.717, 1.165) is 10.7 Å². The standard InChI is InChI=1S/C9H11N3O2S/c1-6-5-15-7(11-6)4-12-8(13)2-10-3-9(12)14/h5,10H,2-4H2,1H3. The highest BCUT2D eigenvalue weighted by atomic mass is 32.1. The SMILES string of the molecule is Cc1csc(CN2C(=O)CNCC2=O)n1. The van der Waals surface area contributed by atoms with Crippen molar-refractivity contribution >= 4 is 23.2 Å². The molecule has 0 aromatic carbocycles. The second-order valence-electron chi connectivity index (χ2n) is 3.36. The van der Waals surface area contributed by atoms with Crippen molar-refractivity contribution in [3.63, 3.8) is 0 Å². The summed E-state index contributed by atoms with van der Waals surface area (Å²) in [6.45, 7) is 2.66. The Balaban J connectivity index is 2.09. The molecule has 5 nitrogen and oxygen atoms in total. The van der Waals surface area contributed by atoms with Gasteiger partial charge < -0.3 is 0 Å². The number of hydrogen-bond acceptors (Lipinski definition) is 5. The molecule has 0 radical (unpaired) electrons. The van der Waals surface area contributed by atoms with Gasteiger partial charge in [0.1, 0.15) is 5.01 Å². The molecule has 1 aromatic heterocycles. The van der Waals surface area contributed by atoms with E-state index in [4.69, 9.17) is 0 Å². The van der Waals surface area contributed by atoms with Crippen LogP contribution in [-0.4, -0.2) is 34.8 Å². The van der Waals surface area contributed by atoms with Gasteiger partial charge in [-0.05, 0) is 6.92 Å². The van der Waals surface area contributed by atoms with Crippen LogP contribution >= 0.6 is 11.3 Å². The van der Waals surface area contributed by atoms with E-state index in [1.165, 1.54) is 16.2 Å². The minimum Gasteiger partial charge on any atom is -0.300 e. The van der Waals surface area contributed by atoms with E-state index < -0.39 is 0 Å². The van der Waals surface area contributed by atoms with E-state index in [1.807, 2.05) is 12.3 Å². The summed E-state index contributed by atoms with van der Waals surface area (Å²) in [5.41, 5.74) is 0.921. The molecule has 6 heteroatoms. The number of amides is 2. The fourth-order valence-electron chi connectivity index (χ4n) is 1.39. The van der Waals surface area contributed by atoms with Gasteiger partial charge in [0.25, 0.3) is 0 Å². The molecule has 1 aliphatic rings. The van der Waals surface area contributed by atoms with Crippen molar-refractivity contribution in [1.29, 1.82) is 0 Å². The van der Waals surface area contributed by atoms with E-state index >= 15 is 0 Å². The van der Waals surface area contributed by atoms with Crippen LogP contribution in [0, 0.1) is 6.92 Å². The lowest BCUT2D eigenvalue weighted by molar-refractivity contribution is -0.147. The normalized spacial score (nSPS) is 17.3. The van der Waals surface area contributed by atoms with Gasteiger partial charge >= 0.3 is 0 Å². The topological polar surface area (TPSA) is 62.3 Å². The lowest BCUT2D eigenvalue weighted by Crippen LogP contribution is -2.51. The monoisotopic (exact) mass is 225 g/mol. The smallest absolute Gasteiger partial charge is 0.243 e. The Morgan fingerprint density at radius 1 is 1.47 bits per heavy atom. The van der Waals surface area contributed by atoms with Gasteiger partial charge in [0, 0.05) is 11.1 Å². The van der Waals surface area contributed by atoms with Crippen LogP contribution in [-0.2, 0) is 16.1 Å². The molecule has 0 atom stereocenters. The minimum atomic E-state index is -0.181. The number of piperazine rings is 1. The summed E-state index contributed by atoms with van der Waals surface area (Å²) < 4.78 is 0. The zero-order chi connectivity index (χ0) is 10.8. The van der Waals surface area contributed by atoms with E-state index in [-0.39, 0.29) is 24.9 Å². The highest BCUT2D eigenvalue weighted by Gasteiger charge is 2.26. The van der Waals surface area contributed by atoms with Crippen molar-refractivity contribution in [3.05, 3.63) is 16.1 Å². The van der Waals surface area contributed by atoms with Crippen molar-refractivity contribution in [1.82, 2.24) is 15.2 Å². The second kappa shape index (κ2) is 4.08. The predicted molar refractivity (Wildman–Crippen MR) is 55.3 cm³/mol. The maximum Gasteiger partial charge on any atom is 0.243 e. The third kappa shape index (κ3) is 2.21. The molecule has 0 unspecified atom stereocenters. The summed E-state index contributed by atoms with van der Waals surface area (Å²) in [6, 6.07) is 0. The molecule has 15 heavy (non-hydrogen) atoms. The molecule has 80 valence electrons. The Morgan fingerprint density at radius 3 is 2.67 bits per heavy atom. The molecule has 1 aromatic rings. The maximum absolute atomic E-state index is 11.4. The largest absolute Gasteiger partial charge is 0.300 e. The van der Waals surface area contributed by atoms with Gasteiger partial charge in [0.15, 0.2) is 0 Å². The van der Waals surface area contributed by atoms with Gasteiger partial charge in [0.05, 0.1) is 19.6 Å². The van der Waals surface area contributed by atoms with Gasteiger partial charge in [-0.25, -0.2) is 4.98 Å². The average molecular weight is 225 g/mol. The minimum absolute atomic E-state index is 0.181. The van der Waals surface area contributed by atoms with Crippen LogP contribution in [0.25, 0.3) is 0 Å². The van der Waals surface area contributed by atoms with Gasteiger partial charge in [-0.3, -0.25) is 19.8 Å². The van der Waals surface area contributed by atoms with Crippen LogP contribution in [0.5, 0.6) is 0 Å². The first-order valence-corrected chi connectivity index (χ1v) is 5.49. The Labute approximate surface area is 91.1 Å². The molecule has 1 aliphatic heterocycles. The molecule has 1 N–H and O–H groups in total. The van der Waals surface area contributed by atoms with Crippen molar-refractivity contribution in [2.45, 2.75) is 13.5 Å². The fourth-order valence-corrected chi connectivity index (χ4v) is 2.15. The number of aromatic nitrogens is 1. The molecule has 2 heterocycles. The highest BCUT2D eigenvalue weighted by molar-refractivity contribution is 7.09. The summed E-state index contributed by atoms with van der Waals surface area (Å²) in [5, 5.41) is 5.46. The van der Waals surface area contributed by atoms with Crippen molar-refractivity contribution in [2.24, 2.45) is 0 Å². The van der Waals surface area contributed by atoms with Crippen LogP contribution in [0.15, 0.2) is 5.38 Å². The Kier molecular flexibility index (Phi) is 2.79. The molecule has 0 saturated carbocycles. The number of aryl methyl sites for hydroxylation is 1. The van der Waals surface area contributed by atoms with E-state index in [2.05, 4.69) is 10.3 Å². The number of carbonyl (C=O) groups is 2. The zero-order valence-electron chi connectivity index (χ0n) is 8.32. The Morgan fingerprint density at radius 2 is 2.13 bits per heavy atom. The lowest BCUT2D eigenvalue weighted by atomic mass is 10.3. The number of thiazole rings is 1. The summed E-state index contributed by atoms with van der Waals surface area (Å²) in [4.78, 5) is 28.4. The molecule has 2 rings (SSSR count). The molecule has 0 bridgehead atoms. The van der Waals surface area contributed by atoms with Crippen LogP contribution in [0.2, 0.25) is 0 Å². The summed E-state index contributed by atoms with van der Waals surface area (Å²) in [6.07, 6.45) is 0. The number of imide groups is 1. The van der Waals surface area contributed by atoms with Gasteiger partial charge in [-0.2, -0.15) is 0 Å². The molecular weight excluding hydrogens is 214 g/mol. The summed E-state index contributed by atoms with van der Waals surface area (Å²) in [5.74, 6) is -0.363. The van der Waals surface area contributed by atoms with Gasteiger partial charge in [-0.15, -0.1) is 11.3 Å². The third-order valence-electron chi connectivity index (χ3n) is 2.11. The number of nitrogens with one attached hydrogen (secondary N) is 1. The van der Waals surface area contributed by atoms with Crippen molar-refractivity contribution < 1.29 is 9.59 Å². The Bertz CT molecular complexity index is 386. The third-order valence-corrected chi connectivity index (χ3v) is 3.07. The average Bonchev–Trinajstić information content (AvgIpc) is 2.58. The van der Waals surface area contributed by atoms with Crippen LogP contribution in [0.1, 0.15) is 10.7 Å². The number of rotatable bonds is 2. The zero-order valence-corrected chi connectivity index (χ0v) is 9.13. The van der Waals surface area contributed by atoms with E-state index in [0.29, 0.717) is 6.54 Å². The van der Waals surface area contributed by atoms with E-state index in [9.17, 15) is 9.59 Å². The highest BCUT2D eigenvalue weighted by Crippen LogP contribution is 2.12. The van der Waals surface area contributed by atoms with Gasteiger partial charge in [0.2, 0.25) is 11.8 Å². The Hall–Kier alpha value is -1.27. The summed E-state index contributed by atoms with van der Waals surface area (Å²) in [7, 11) is 0. The summed E-state index contributed by atoms with van der Waals surface area (Å²) >= 11 is 1.47. The second-order valence-corrected chi connectivity index (χ2v) is 4.30. The fraction of sp³-hybridized carbons (Fsp3) is 0.444. The lowest BCUT2D eigenvalue weighted by Gasteiger charge is -2.24. The predicted octanol–water partition coefficient (Wildman–Crippen LogP) is -0.0901. The van der Waals surface area contributed by atoms with Gasteiger partial charge in [-0.1, -0.05) is 0 Å². The first kappa shape index (κ1) is 10.3. The maximum atomic E-state index is 11.4. The number of nitrogens with zero attached hydrogens (tertiary/aromatic N) is 2.